The molecule has 0 aromatic rings. The Balaban J connectivity index is 6.91. The van der Waals surface area contributed by atoms with Gasteiger partial charge < -0.3 is 4.74 Å². The van der Waals surface area contributed by atoms with E-state index in [9.17, 15) is 106 Å². The molecule has 0 fully saturated rings. The first-order valence-corrected chi connectivity index (χ1v) is 8.28. The number of halogens is 23. The Labute approximate surface area is 200 Å². The van der Waals surface area contributed by atoms with Crippen molar-refractivity contribution in [2.75, 3.05) is 0 Å². The van der Waals surface area contributed by atoms with Gasteiger partial charge in [-0.2, -0.15) is 101 Å². The van der Waals surface area contributed by atoms with E-state index in [2.05, 4.69) is 0 Å². The van der Waals surface area contributed by atoms with Gasteiger partial charge in [-0.15, -0.1) is 0 Å². The van der Waals surface area contributed by atoms with Crippen molar-refractivity contribution < 1.29 is 120 Å². The van der Waals surface area contributed by atoms with Crippen LogP contribution >= 0.6 is 0 Å². The van der Waals surface area contributed by atoms with Gasteiger partial charge >= 0.3 is 66.7 Å². The van der Waals surface area contributed by atoms with E-state index < -0.39 is 79.2 Å². The van der Waals surface area contributed by atoms with E-state index in [1.54, 1.807) is 4.74 Å². The van der Waals surface area contributed by atoms with Crippen LogP contribution in [0, 0.1) is 0 Å². The number of esters is 1. The first kappa shape index (κ1) is 37.8. The van der Waals surface area contributed by atoms with Crippen molar-refractivity contribution in [2.45, 2.75) is 73.3 Å². The third kappa shape index (κ3) is 6.17. The lowest BCUT2D eigenvalue weighted by Crippen LogP contribution is -2.67. The maximum atomic E-state index is 13.9. The highest BCUT2D eigenvalue weighted by Gasteiger charge is 2.85. The lowest BCUT2D eigenvalue weighted by molar-refractivity contribution is -0.530. The Morgan fingerprint density at radius 2 is 0.725 bits per heavy atom. The minimum absolute atomic E-state index is 1.18. The van der Waals surface area contributed by atoms with Gasteiger partial charge in [0.25, 0.3) is 5.60 Å². The predicted octanol–water partition coefficient (Wildman–Crippen LogP) is 7.29. The molecular weight excluding hydrogens is 657 g/mol. The number of carbonyl (C=O) groups is 1. The van der Waals surface area contributed by atoms with Crippen LogP contribution < -0.4 is 0 Å². The molecule has 0 aromatic heterocycles. The lowest BCUT2D eigenvalue weighted by Gasteiger charge is -2.40. The average Bonchev–Trinajstić information content (AvgIpc) is 2.62. The molecule has 240 valence electrons. The fourth-order valence-corrected chi connectivity index (χ4v) is 1.67. The van der Waals surface area contributed by atoms with Crippen molar-refractivity contribution in [1.29, 1.82) is 0 Å². The number of hydrogen-bond donors (Lipinski definition) is 0. The smallest absolute Gasteiger partial charge is 0.394 e. The highest BCUT2D eigenvalue weighted by molar-refractivity contribution is 5.80. The number of carbonyl (C=O) groups excluding carboxylic acids is 1. The second kappa shape index (κ2) is 9.67. The van der Waals surface area contributed by atoms with Gasteiger partial charge in [-0.05, 0) is 6.92 Å². The molecule has 0 aliphatic carbocycles. The monoisotopic (exact) mass is 660 g/mol. The zero-order chi connectivity index (χ0) is 33.2. The number of ether oxygens (including phenoxy) is 3. The summed E-state index contributed by atoms with van der Waals surface area (Å²) in [7, 11) is 0. The summed E-state index contributed by atoms with van der Waals surface area (Å²) in [6.45, 7) is -1.56. The van der Waals surface area contributed by atoms with Gasteiger partial charge in [-0.1, -0.05) is 0 Å². The molecule has 0 aliphatic rings. The molecule has 40 heavy (non-hydrogen) atoms. The molecule has 0 spiro atoms. The number of rotatable bonds is 9. The topological polar surface area (TPSA) is 44.8 Å². The van der Waals surface area contributed by atoms with Crippen LogP contribution in [0.5, 0.6) is 0 Å². The van der Waals surface area contributed by atoms with Crippen LogP contribution in [0.15, 0.2) is 0 Å². The van der Waals surface area contributed by atoms with Crippen molar-refractivity contribution in [3.8, 4) is 0 Å². The first-order chi connectivity index (χ1) is 16.8. The van der Waals surface area contributed by atoms with E-state index in [4.69, 9.17) is 0 Å². The standard InChI is InChI=1S/C13H3F23O4/c1-3(7(19,20)21,39-11(31,32)4(14,15)8(22,23)24)2(37)38-13(35,36)6(18,10(28,29)30)40-12(33,34)5(16,17)9(25,26)27/h1H3. The molecule has 0 saturated carbocycles. The van der Waals surface area contributed by atoms with Crippen LogP contribution in [-0.2, 0) is 19.0 Å². The third-order valence-electron chi connectivity index (χ3n) is 3.93. The molecule has 0 aliphatic heterocycles. The minimum Gasteiger partial charge on any atom is -0.394 e. The molecule has 0 saturated heterocycles. The largest absolute Gasteiger partial charge is 0.471 e. The summed E-state index contributed by atoms with van der Waals surface area (Å²) < 4.78 is 299. The highest BCUT2D eigenvalue weighted by atomic mass is 19.4. The summed E-state index contributed by atoms with van der Waals surface area (Å²) in [6.07, 6.45) is -54.8. The van der Waals surface area contributed by atoms with Gasteiger partial charge in [0.2, 0.25) is 0 Å². The quantitative estimate of drug-likeness (QED) is 0.193. The van der Waals surface area contributed by atoms with Crippen LogP contribution in [0.3, 0.4) is 0 Å². The van der Waals surface area contributed by atoms with Crippen molar-refractivity contribution in [3.63, 3.8) is 0 Å². The molecule has 0 heterocycles. The fraction of sp³-hybridized carbons (Fsp3) is 0.923. The van der Waals surface area contributed by atoms with E-state index >= 15 is 0 Å². The second-order valence-corrected chi connectivity index (χ2v) is 6.91. The van der Waals surface area contributed by atoms with E-state index in [0.29, 0.717) is 0 Å². The van der Waals surface area contributed by atoms with Crippen LogP contribution in [0.4, 0.5) is 101 Å². The number of alkyl halides is 23. The van der Waals surface area contributed by atoms with Crippen LogP contribution in [0.25, 0.3) is 0 Å². The van der Waals surface area contributed by atoms with Crippen molar-refractivity contribution >= 4 is 5.97 Å². The van der Waals surface area contributed by atoms with Crippen LogP contribution in [0.1, 0.15) is 6.92 Å². The van der Waals surface area contributed by atoms with E-state index in [1.807, 2.05) is 4.74 Å². The molecule has 0 amide bonds. The molecule has 0 N–H and O–H groups in total. The maximum absolute atomic E-state index is 13.9. The maximum Gasteiger partial charge on any atom is 0.471 e. The third-order valence-corrected chi connectivity index (χ3v) is 3.93. The first-order valence-electron chi connectivity index (χ1n) is 8.28. The minimum atomic E-state index is -8.28. The summed E-state index contributed by atoms with van der Waals surface area (Å²) in [5, 5.41) is 0. The molecular formula is C13H3F23O4. The zero-order valence-electron chi connectivity index (χ0n) is 17.3. The normalized spacial score (nSPS) is 18.7. The Morgan fingerprint density at radius 3 is 0.975 bits per heavy atom. The van der Waals surface area contributed by atoms with Gasteiger partial charge in [-0.25, -0.2) is 4.79 Å². The Kier molecular flexibility index (Phi) is 9.13. The van der Waals surface area contributed by atoms with Crippen molar-refractivity contribution in [3.05, 3.63) is 0 Å². The molecule has 4 nitrogen and oxygen atoms in total. The Hall–Kier alpha value is -2.22. The number of hydrogen-bond acceptors (Lipinski definition) is 4. The van der Waals surface area contributed by atoms with Crippen LogP contribution in [-0.4, -0.2) is 72.3 Å². The zero-order valence-corrected chi connectivity index (χ0v) is 17.3. The Bertz CT molecular complexity index is 925. The summed E-state index contributed by atoms with van der Waals surface area (Å²) in [5.74, 6) is -29.0. The fourth-order valence-electron chi connectivity index (χ4n) is 1.67. The summed E-state index contributed by atoms with van der Waals surface area (Å²) in [4.78, 5) is 11.4. The van der Waals surface area contributed by atoms with Gasteiger partial charge in [0, 0.05) is 0 Å². The Morgan fingerprint density at radius 1 is 0.425 bits per heavy atom. The van der Waals surface area contributed by atoms with Gasteiger partial charge in [0.1, 0.15) is 0 Å². The van der Waals surface area contributed by atoms with E-state index in [0.717, 1.165) is 0 Å². The van der Waals surface area contributed by atoms with Gasteiger partial charge in [-0.3, -0.25) is 9.47 Å². The second-order valence-electron chi connectivity index (χ2n) is 6.91. The predicted molar refractivity (Wildman–Crippen MR) is 69.5 cm³/mol. The summed E-state index contributed by atoms with van der Waals surface area (Å²) >= 11 is 0. The molecule has 0 radical (unpaired) electrons. The SMILES string of the molecule is CC(OC(F)(F)C(F)(F)C(F)(F)F)(C(=O)OC(F)(F)C(F)(OC(F)(F)C(F)(F)C(F)(F)F)C(F)(F)F)C(F)(F)F. The highest BCUT2D eigenvalue weighted by Crippen LogP contribution is 2.56. The summed E-state index contributed by atoms with van der Waals surface area (Å²) in [6, 6.07) is 0. The summed E-state index contributed by atoms with van der Waals surface area (Å²) in [5.41, 5.74) is -6.47. The molecule has 2 atom stereocenters. The van der Waals surface area contributed by atoms with Crippen LogP contribution in [0.2, 0.25) is 0 Å². The molecule has 0 bridgehead atoms. The van der Waals surface area contributed by atoms with Crippen molar-refractivity contribution in [2.24, 2.45) is 0 Å². The molecule has 2 unspecified atom stereocenters. The van der Waals surface area contributed by atoms with Gasteiger partial charge in [0.05, 0.1) is 0 Å². The molecule has 27 heteroatoms. The lowest BCUT2D eigenvalue weighted by atomic mass is 10.1. The van der Waals surface area contributed by atoms with E-state index in [-0.39, 0.29) is 0 Å². The van der Waals surface area contributed by atoms with E-state index in [1.165, 1.54) is 4.74 Å². The average molecular weight is 660 g/mol. The van der Waals surface area contributed by atoms with Gasteiger partial charge in [0.15, 0.2) is 0 Å². The molecule has 0 aromatic carbocycles. The van der Waals surface area contributed by atoms with Crippen molar-refractivity contribution in [1.82, 2.24) is 0 Å². The molecule has 0 rings (SSSR count).